The number of fused-ring (bicyclic) bond motifs is 4. The summed E-state index contributed by atoms with van der Waals surface area (Å²) >= 11 is 0. The minimum atomic E-state index is 0.183. The normalized spacial score (nSPS) is 21.3. The van der Waals surface area contributed by atoms with Crippen molar-refractivity contribution in [1.29, 1.82) is 0 Å². The van der Waals surface area contributed by atoms with Crippen molar-refractivity contribution in [1.82, 2.24) is 29.9 Å². The molecule has 0 amide bonds. The molecule has 2 aromatic heterocycles. The predicted molar refractivity (Wildman–Crippen MR) is 158 cm³/mol. The maximum atomic E-state index is 6.32. The molecule has 2 fully saturated rings. The Morgan fingerprint density at radius 3 is 2.66 bits per heavy atom. The average Bonchev–Trinajstić information content (AvgIpc) is 3.72. The molecule has 4 aliphatic rings. The monoisotopic (exact) mass is 548 g/mol. The van der Waals surface area contributed by atoms with E-state index in [0.29, 0.717) is 17.8 Å². The van der Waals surface area contributed by atoms with Crippen LogP contribution in [0.25, 0.3) is 17.1 Å². The van der Waals surface area contributed by atoms with Crippen LogP contribution in [0.5, 0.6) is 0 Å². The fourth-order valence-corrected chi connectivity index (χ4v) is 7.01. The Morgan fingerprint density at radius 1 is 0.902 bits per heavy atom. The third kappa shape index (κ3) is 4.77. The average molecular weight is 549 g/mol. The zero-order valence-corrected chi connectivity index (χ0v) is 23.4. The number of rotatable bonds is 4. The number of morpholine rings is 1. The summed E-state index contributed by atoms with van der Waals surface area (Å²) in [6.07, 6.45) is 10.1. The Bertz CT molecular complexity index is 1610. The van der Waals surface area contributed by atoms with E-state index in [0.717, 1.165) is 68.7 Å². The summed E-state index contributed by atoms with van der Waals surface area (Å²) in [4.78, 5) is 7.20. The molecule has 9 nitrogen and oxygen atoms in total. The topological polar surface area (TPSA) is 107 Å². The van der Waals surface area contributed by atoms with E-state index in [1.807, 2.05) is 0 Å². The number of aromatic nitrogens is 5. The van der Waals surface area contributed by atoms with Crippen LogP contribution in [0.2, 0.25) is 0 Å². The molecule has 1 atom stereocenters. The Balaban J connectivity index is 0.989. The predicted octanol–water partition coefficient (Wildman–Crippen LogP) is 4.65. The Hall–Kier alpha value is -3.82. The number of nitrogens with one attached hydrogen (secondary N) is 1. The van der Waals surface area contributed by atoms with Crippen molar-refractivity contribution in [3.05, 3.63) is 70.8 Å². The Kier molecular flexibility index (Phi) is 6.03. The molecule has 9 heteroatoms. The van der Waals surface area contributed by atoms with Crippen LogP contribution in [0.3, 0.4) is 0 Å². The van der Waals surface area contributed by atoms with Crippen LogP contribution < -0.4 is 11.1 Å². The first-order valence-electron chi connectivity index (χ1n) is 15.1. The molecule has 2 aromatic carbocycles. The van der Waals surface area contributed by atoms with Crippen molar-refractivity contribution in [3.63, 3.8) is 0 Å². The molecule has 1 saturated heterocycles. The summed E-state index contributed by atoms with van der Waals surface area (Å²) in [5, 5.41) is 17.2. The maximum Gasteiger partial charge on any atom is 0.248 e. The third-order valence-electron chi connectivity index (χ3n) is 9.43. The summed E-state index contributed by atoms with van der Waals surface area (Å²) in [5.74, 6) is 1.33. The molecule has 0 unspecified atom stereocenters. The van der Waals surface area contributed by atoms with Crippen LogP contribution in [0.1, 0.15) is 54.4 Å². The van der Waals surface area contributed by atoms with Gasteiger partial charge in [-0.2, -0.15) is 9.67 Å². The lowest BCUT2D eigenvalue weighted by Crippen LogP contribution is -2.49. The van der Waals surface area contributed by atoms with Crippen LogP contribution in [0, 0.1) is 0 Å². The van der Waals surface area contributed by atoms with Crippen LogP contribution in [-0.2, 0) is 30.4 Å². The second-order valence-corrected chi connectivity index (χ2v) is 12.1. The van der Waals surface area contributed by atoms with Crippen molar-refractivity contribution in [2.75, 3.05) is 30.7 Å². The Morgan fingerprint density at radius 2 is 1.76 bits per heavy atom. The first-order chi connectivity index (χ1) is 20.1. The van der Waals surface area contributed by atoms with Crippen LogP contribution in [-0.4, -0.2) is 61.2 Å². The van der Waals surface area contributed by atoms with Gasteiger partial charge in [0.2, 0.25) is 11.9 Å². The minimum Gasteiger partial charge on any atom is -0.372 e. The van der Waals surface area contributed by atoms with E-state index in [-0.39, 0.29) is 11.5 Å². The van der Waals surface area contributed by atoms with Gasteiger partial charge in [-0.25, -0.2) is 0 Å². The quantitative estimate of drug-likeness (QED) is 0.355. The number of hydrogen-bond donors (Lipinski definition) is 2. The summed E-state index contributed by atoms with van der Waals surface area (Å²) < 4.78 is 7.64. The summed E-state index contributed by atoms with van der Waals surface area (Å²) in [6, 6.07) is 17.8. The van der Waals surface area contributed by atoms with Gasteiger partial charge in [-0.1, -0.05) is 30.3 Å². The highest BCUT2D eigenvalue weighted by Crippen LogP contribution is 2.43. The van der Waals surface area contributed by atoms with Crippen molar-refractivity contribution < 1.29 is 4.74 Å². The van der Waals surface area contributed by atoms with E-state index >= 15 is 0 Å². The molecule has 0 radical (unpaired) electrons. The van der Waals surface area contributed by atoms with E-state index in [4.69, 9.17) is 10.5 Å². The summed E-state index contributed by atoms with van der Waals surface area (Å²) in [5.41, 5.74) is 15.0. The molecule has 210 valence electrons. The zero-order chi connectivity index (χ0) is 27.4. The van der Waals surface area contributed by atoms with Gasteiger partial charge in [-0.3, -0.25) is 4.90 Å². The highest BCUT2D eigenvalue weighted by Gasteiger charge is 2.48. The first kappa shape index (κ1) is 24.9. The van der Waals surface area contributed by atoms with Gasteiger partial charge in [0.05, 0.1) is 17.9 Å². The fraction of sp³-hybridized carbons (Fsp3) is 0.438. The molecule has 41 heavy (non-hydrogen) atoms. The number of hydrogen-bond acceptors (Lipinski definition) is 8. The standard InChI is InChI=1S/C32H36N8O/c33-30-35-31(38-40(30)28-19-24-6-3-5-22-4-1-2-7-27(22)29(24)37-36-28)34-25-11-8-21-9-12-26(13-10-23(21)18-25)39-16-17-41-32(20-39)14-15-32/h1-2,4,7-8,11,18-19,26H,3,5-6,9-10,12-17,20H2,(H3,33,34,35,38)/t26-/m0/s1. The van der Waals surface area contributed by atoms with E-state index in [1.165, 1.54) is 47.9 Å². The molecule has 3 aliphatic carbocycles. The first-order valence-corrected chi connectivity index (χ1v) is 15.1. The van der Waals surface area contributed by atoms with Crippen LogP contribution >= 0.6 is 0 Å². The van der Waals surface area contributed by atoms with E-state index < -0.39 is 0 Å². The molecule has 1 saturated carbocycles. The molecular formula is C32H36N8O. The van der Waals surface area contributed by atoms with Crippen molar-refractivity contribution >= 4 is 17.6 Å². The number of anilines is 3. The minimum absolute atomic E-state index is 0.183. The summed E-state index contributed by atoms with van der Waals surface area (Å²) in [7, 11) is 0. The third-order valence-corrected chi connectivity index (χ3v) is 9.43. The number of nitrogens with two attached hydrogens (primary N) is 1. The number of nitrogens with zero attached hydrogens (tertiary/aromatic N) is 6. The second kappa shape index (κ2) is 9.92. The highest BCUT2D eigenvalue weighted by molar-refractivity contribution is 5.68. The van der Waals surface area contributed by atoms with E-state index in [2.05, 4.69) is 79.0 Å². The highest BCUT2D eigenvalue weighted by atomic mass is 16.5. The van der Waals surface area contributed by atoms with Gasteiger partial charge < -0.3 is 15.8 Å². The SMILES string of the molecule is Nc1nc(Nc2ccc3c(c2)CC[C@@H](N2CCOC4(CC4)C2)CC3)nn1-c1cc2c(nn1)-c1ccccc1CCC2. The van der Waals surface area contributed by atoms with E-state index in [1.54, 1.807) is 4.68 Å². The van der Waals surface area contributed by atoms with Crippen molar-refractivity contribution in [2.45, 2.75) is 69.4 Å². The molecule has 4 aromatic rings. The largest absolute Gasteiger partial charge is 0.372 e. The van der Waals surface area contributed by atoms with Gasteiger partial charge in [0, 0.05) is 30.4 Å². The van der Waals surface area contributed by atoms with Gasteiger partial charge in [-0.05, 0) is 98.2 Å². The molecule has 1 aliphatic heterocycles. The van der Waals surface area contributed by atoms with Crippen molar-refractivity contribution in [3.8, 4) is 17.1 Å². The second-order valence-electron chi connectivity index (χ2n) is 12.1. The summed E-state index contributed by atoms with van der Waals surface area (Å²) in [6.45, 7) is 3.05. The van der Waals surface area contributed by atoms with Gasteiger partial charge >= 0.3 is 0 Å². The van der Waals surface area contributed by atoms with Gasteiger partial charge in [0.1, 0.15) is 0 Å². The van der Waals surface area contributed by atoms with Crippen LogP contribution in [0.15, 0.2) is 48.5 Å². The fourth-order valence-electron chi connectivity index (χ4n) is 7.01. The molecule has 0 bridgehead atoms. The number of nitrogen functional groups attached to an aromatic ring is 1. The Labute approximate surface area is 240 Å². The van der Waals surface area contributed by atoms with Crippen molar-refractivity contribution in [2.24, 2.45) is 0 Å². The number of benzene rings is 2. The van der Waals surface area contributed by atoms with Gasteiger partial charge in [0.25, 0.3) is 0 Å². The smallest absolute Gasteiger partial charge is 0.248 e. The number of aryl methyl sites for hydroxylation is 4. The van der Waals surface area contributed by atoms with E-state index in [9.17, 15) is 0 Å². The van der Waals surface area contributed by atoms with Crippen LogP contribution in [0.4, 0.5) is 17.6 Å². The van der Waals surface area contributed by atoms with Gasteiger partial charge in [0.15, 0.2) is 5.82 Å². The lowest BCUT2D eigenvalue weighted by molar-refractivity contribution is -0.0613. The molecule has 3 N–H and O–H groups in total. The van der Waals surface area contributed by atoms with Gasteiger partial charge in [-0.15, -0.1) is 15.3 Å². The maximum absolute atomic E-state index is 6.32. The molecule has 1 spiro atoms. The molecular weight excluding hydrogens is 512 g/mol. The molecule has 8 rings (SSSR count). The zero-order valence-electron chi connectivity index (χ0n) is 23.4. The molecule has 3 heterocycles. The lowest BCUT2D eigenvalue weighted by Gasteiger charge is -2.38. The number of ether oxygens (including phenoxy) is 1. The lowest BCUT2D eigenvalue weighted by atomic mass is 10.0.